The smallest absolute Gasteiger partial charge is 0.309 e. The first-order valence-electron chi connectivity index (χ1n) is 28.0. The molecule has 0 radical (unpaired) electrons. The van der Waals surface area contributed by atoms with Crippen LogP contribution in [0, 0.1) is 28.7 Å². The lowest BCUT2D eigenvalue weighted by atomic mass is 9.59. The summed E-state index contributed by atoms with van der Waals surface area (Å²) in [6, 6.07) is 44.3. The van der Waals surface area contributed by atoms with Crippen molar-refractivity contribution in [3.63, 3.8) is 0 Å². The Kier molecular flexibility index (Phi) is 8.86. The summed E-state index contributed by atoms with van der Waals surface area (Å²) in [6.45, 7) is 21.5. The largest absolute Gasteiger partial charge is 0.416 e. The van der Waals surface area contributed by atoms with Gasteiger partial charge in [0.2, 0.25) is 0 Å². The van der Waals surface area contributed by atoms with E-state index in [1.165, 1.54) is 24.3 Å². The SMILES string of the molecule is [C-]#[N+]c1cc2c(c3c1C1c4ccccc4C3c3ccccc31)c1cc(C(F)(F)F)cc3c4c(CC(C)(C)C)c5c(c(CC(C)(C)C)c4n2c13)c1cc(C(F)(F)F)cc2c3c4c(c(C#N)cc3n5c21)C1c2ccccc2C4c2ccccc21. The molecule has 0 amide bonds. The van der Waals surface area contributed by atoms with Crippen molar-refractivity contribution in [1.82, 2.24) is 8.80 Å². The van der Waals surface area contributed by atoms with Gasteiger partial charge >= 0.3 is 12.4 Å². The number of nitriles is 1. The molecule has 0 saturated heterocycles. The van der Waals surface area contributed by atoms with Crippen LogP contribution in [0.5, 0.6) is 0 Å². The van der Waals surface area contributed by atoms with Gasteiger partial charge in [0.25, 0.3) is 0 Å². The molecule has 0 fully saturated rings. The number of fused-ring (bicyclic) bond motifs is 12. The maximum absolute atomic E-state index is 16.1. The molecular formula is C72H48F6N4. The molecule has 0 saturated carbocycles. The number of hydrogen-bond acceptors (Lipinski definition) is 1. The molecule has 0 spiro atoms. The Labute approximate surface area is 466 Å². The Morgan fingerprint density at radius 2 is 0.756 bits per heavy atom. The third kappa shape index (κ3) is 5.82. The lowest BCUT2D eigenvalue weighted by Gasteiger charge is -2.43. The van der Waals surface area contributed by atoms with Crippen LogP contribution in [0.3, 0.4) is 0 Å². The zero-order valence-electron chi connectivity index (χ0n) is 45.5. The topological polar surface area (TPSA) is 37.0 Å². The van der Waals surface area contributed by atoms with Gasteiger partial charge in [-0.3, -0.25) is 0 Å². The van der Waals surface area contributed by atoms with Crippen molar-refractivity contribution < 1.29 is 26.3 Å². The van der Waals surface area contributed by atoms with Crippen molar-refractivity contribution in [2.45, 2.75) is 90.4 Å². The molecule has 0 N–H and O–H groups in total. The monoisotopic (exact) mass is 1080 g/mol. The van der Waals surface area contributed by atoms with E-state index < -0.39 is 46.1 Å². The molecule has 4 nitrogen and oxygen atoms in total. The van der Waals surface area contributed by atoms with Crippen LogP contribution in [0.2, 0.25) is 0 Å². The van der Waals surface area contributed by atoms with Crippen molar-refractivity contribution in [3.05, 3.63) is 239 Å². The van der Waals surface area contributed by atoms with E-state index in [1.54, 1.807) is 0 Å². The number of benzene rings is 9. The second-order valence-electron chi connectivity index (χ2n) is 26.1. The molecule has 0 aliphatic heterocycles. The molecule has 19 rings (SSSR count). The first-order chi connectivity index (χ1) is 39.2. The molecule has 6 aliphatic carbocycles. The summed E-state index contributed by atoms with van der Waals surface area (Å²) in [6.07, 6.45) is -8.89. The lowest BCUT2D eigenvalue weighted by molar-refractivity contribution is -0.138. The number of hydrogen-bond donors (Lipinski definition) is 0. The highest BCUT2D eigenvalue weighted by Gasteiger charge is 2.48. The van der Waals surface area contributed by atoms with Gasteiger partial charge in [-0.05, 0) is 138 Å². The minimum atomic E-state index is -4.78. The molecule has 4 heterocycles. The van der Waals surface area contributed by atoms with E-state index >= 15 is 26.3 Å². The van der Waals surface area contributed by atoms with E-state index in [2.05, 4.69) is 110 Å². The van der Waals surface area contributed by atoms with Crippen molar-refractivity contribution >= 4 is 81.9 Å². The van der Waals surface area contributed by atoms with E-state index in [9.17, 15) is 5.26 Å². The average molecular weight is 1080 g/mol. The fraction of sp³-hybridized carbons (Fsp3) is 0.222. The van der Waals surface area contributed by atoms with Gasteiger partial charge in [0.05, 0.1) is 56.9 Å². The zero-order valence-corrected chi connectivity index (χ0v) is 45.5. The van der Waals surface area contributed by atoms with Crippen molar-refractivity contribution in [3.8, 4) is 6.07 Å². The van der Waals surface area contributed by atoms with Crippen LogP contribution in [-0.2, 0) is 25.2 Å². The number of rotatable bonds is 2. The minimum Gasteiger partial charge on any atom is -0.309 e. The summed E-state index contributed by atoms with van der Waals surface area (Å²) < 4.78 is 101. The lowest BCUT2D eigenvalue weighted by Crippen LogP contribution is -2.28. The highest BCUT2D eigenvalue weighted by atomic mass is 19.4. The quantitative estimate of drug-likeness (QED) is 0.126. The van der Waals surface area contributed by atoms with Gasteiger partial charge in [-0.1, -0.05) is 139 Å². The first kappa shape index (κ1) is 47.9. The Hall–Kier alpha value is -8.86. The molecule has 13 aromatic rings. The van der Waals surface area contributed by atoms with Crippen LogP contribution in [0.1, 0.15) is 160 Å². The Morgan fingerprint density at radius 3 is 1.09 bits per heavy atom. The third-order valence-electron chi connectivity index (χ3n) is 19.0. The minimum absolute atomic E-state index is 0.330. The van der Waals surface area contributed by atoms with Crippen molar-refractivity contribution in [2.75, 3.05) is 0 Å². The van der Waals surface area contributed by atoms with Gasteiger partial charge in [-0.25, -0.2) is 4.85 Å². The fourth-order valence-electron chi connectivity index (χ4n) is 16.6. The van der Waals surface area contributed by atoms with Crippen LogP contribution >= 0.6 is 0 Å². The maximum Gasteiger partial charge on any atom is 0.416 e. The van der Waals surface area contributed by atoms with Crippen molar-refractivity contribution in [1.29, 1.82) is 5.26 Å². The van der Waals surface area contributed by atoms with Gasteiger partial charge in [0.1, 0.15) is 0 Å². The number of alkyl halides is 6. The predicted molar refractivity (Wildman–Crippen MR) is 313 cm³/mol. The normalized spacial score (nSPS) is 18.1. The molecule has 10 heteroatoms. The summed E-state index contributed by atoms with van der Waals surface area (Å²) in [5.74, 6) is -1.47. The van der Waals surface area contributed by atoms with Crippen LogP contribution in [0.4, 0.5) is 32.0 Å². The standard InChI is InChI=1S/C72H48F6N4/c1-69(2,3)30-48-59-45-26-35(72(76,77)78)28-47-61-52(29-50(80-7)62-55-38-18-10-14-22-42(38)57(64(61)62)43-23-15-11-19-39(43)55)82(66(45)47)68(59)49(31-70(4,5)6)58-44-25-34(71(73,74)75)27-46-60-51(81(65(44)46)67(48)58)24-33(32-79)53-54-36-16-8-12-20-40(36)56(63(53)60)41-21-13-9-17-37(41)54/h8-29,54-57H,30-31H2,1-6H3. The Morgan fingerprint density at radius 1 is 0.439 bits per heavy atom. The summed E-state index contributed by atoms with van der Waals surface area (Å²) >= 11 is 0. The number of aromatic nitrogens is 2. The first-order valence-corrected chi connectivity index (χ1v) is 28.0. The van der Waals surface area contributed by atoms with E-state index in [4.69, 9.17) is 6.57 Å². The van der Waals surface area contributed by atoms with Gasteiger partial charge in [0, 0.05) is 72.3 Å². The van der Waals surface area contributed by atoms with Crippen LogP contribution in [-0.4, -0.2) is 8.80 Å². The second-order valence-corrected chi connectivity index (χ2v) is 26.1. The van der Waals surface area contributed by atoms with Gasteiger partial charge < -0.3 is 8.80 Å². The molecule has 398 valence electrons. The van der Waals surface area contributed by atoms with Gasteiger partial charge in [-0.15, -0.1) is 0 Å². The van der Waals surface area contributed by atoms with Crippen LogP contribution in [0.15, 0.2) is 133 Å². The summed E-state index contributed by atoms with van der Waals surface area (Å²) in [5, 5.41) is 15.6. The second kappa shape index (κ2) is 15.2. The molecule has 0 atom stereocenters. The van der Waals surface area contributed by atoms with E-state index in [0.717, 1.165) is 77.9 Å². The molecular weight excluding hydrogens is 1030 g/mol. The summed E-state index contributed by atoms with van der Waals surface area (Å²) in [5.41, 5.74) is 15.0. The molecule has 0 unspecified atom stereocenters. The Balaban J connectivity index is 1.13. The molecule has 4 aromatic heterocycles. The molecule has 82 heavy (non-hydrogen) atoms. The number of nitrogens with zero attached hydrogens (tertiary/aromatic N) is 4. The van der Waals surface area contributed by atoms with Gasteiger partial charge in [0.15, 0.2) is 5.69 Å². The summed E-state index contributed by atoms with van der Waals surface area (Å²) in [7, 11) is 0. The summed E-state index contributed by atoms with van der Waals surface area (Å²) in [4.78, 5) is 4.30. The highest BCUT2D eigenvalue weighted by molar-refractivity contribution is 6.33. The van der Waals surface area contributed by atoms with E-state index in [0.29, 0.717) is 100 Å². The average Bonchev–Trinajstić information content (AvgIpc) is 1.49. The molecule has 9 aromatic carbocycles. The predicted octanol–water partition coefficient (Wildman–Crippen LogP) is 19.6. The zero-order chi connectivity index (χ0) is 56.3. The third-order valence-corrected chi connectivity index (χ3v) is 19.0. The van der Waals surface area contributed by atoms with Crippen molar-refractivity contribution in [2.24, 2.45) is 10.8 Å². The maximum atomic E-state index is 16.1. The number of halogens is 6. The van der Waals surface area contributed by atoms with Crippen LogP contribution < -0.4 is 0 Å². The van der Waals surface area contributed by atoms with E-state index in [1.807, 2.05) is 60.7 Å². The molecule has 6 aliphatic rings. The van der Waals surface area contributed by atoms with Crippen LogP contribution in [0.25, 0.3) is 81.0 Å². The Bertz CT molecular complexity index is 4790. The van der Waals surface area contributed by atoms with E-state index in [-0.39, 0.29) is 11.8 Å². The fourth-order valence-corrected chi connectivity index (χ4v) is 16.6. The van der Waals surface area contributed by atoms with Gasteiger partial charge in [-0.2, -0.15) is 31.6 Å². The molecule has 4 bridgehead atoms. The highest BCUT2D eigenvalue weighted by Crippen LogP contribution is 2.64.